The van der Waals surface area contributed by atoms with Gasteiger partial charge in [-0.2, -0.15) is 0 Å². The van der Waals surface area contributed by atoms with E-state index in [1.54, 1.807) is 44.2 Å². The molecule has 18 atom stereocenters. The number of hydrogen-bond donors (Lipinski definition) is 18. The van der Waals surface area contributed by atoms with Crippen LogP contribution in [-0.2, 0) is 59.2 Å². The van der Waals surface area contributed by atoms with Crippen molar-refractivity contribution >= 4 is 65.0 Å². The molecule has 0 bridgehead atoms. The number of nitrogens with two attached hydrogens (primary N) is 5. The van der Waals surface area contributed by atoms with Gasteiger partial charge in [0.15, 0.2) is 0 Å². The fraction of sp³-hybridized carbons (Fsp3) is 0.691. The Bertz CT molecular complexity index is 2390. The topological polar surface area (TPSA) is 491 Å². The molecule has 0 aromatic heterocycles. The maximum Gasteiger partial charge on any atom is 0.245 e. The summed E-state index contributed by atoms with van der Waals surface area (Å²) in [6.45, 7) is 18.0. The van der Waals surface area contributed by atoms with E-state index in [9.17, 15) is 63.0 Å². The molecule has 6 unspecified atom stereocenters. The van der Waals surface area contributed by atoms with Gasteiger partial charge in [-0.1, -0.05) is 70.9 Å². The van der Waals surface area contributed by atoms with Crippen molar-refractivity contribution in [3.8, 4) is 0 Å². The van der Waals surface area contributed by atoms with E-state index in [1.165, 1.54) is 48.5 Å². The Labute approximate surface area is 491 Å². The quantitative estimate of drug-likeness (QED) is 0.0454. The number of carbonyl (C=O) groups is 11. The highest BCUT2D eigenvalue weighted by atomic mass is 16.3. The molecule has 0 radical (unpaired) electrons. The molecule has 1 saturated heterocycles. The minimum absolute atomic E-state index is 0.00784. The summed E-state index contributed by atoms with van der Waals surface area (Å²) in [7, 11) is 0. The molecule has 1 aromatic carbocycles. The Hall–Kier alpha value is -6.89. The van der Waals surface area contributed by atoms with Crippen LogP contribution in [0.15, 0.2) is 30.3 Å². The second kappa shape index (κ2) is 34.8. The van der Waals surface area contributed by atoms with Crippen molar-refractivity contribution in [1.82, 2.24) is 58.5 Å². The Balaban J connectivity index is 2.78. The summed E-state index contributed by atoms with van der Waals surface area (Å²) in [6, 6.07) is -15.5. The van der Waals surface area contributed by atoms with Gasteiger partial charge >= 0.3 is 0 Å². The fourth-order valence-corrected chi connectivity index (χ4v) is 8.90. The van der Waals surface area contributed by atoms with E-state index in [-0.39, 0.29) is 25.2 Å². The summed E-state index contributed by atoms with van der Waals surface area (Å²) in [5, 5.41) is 49.1. The number of amides is 11. The average Bonchev–Trinajstić information content (AvgIpc) is 3.50. The third kappa shape index (κ3) is 23.6. The molecule has 1 fully saturated rings. The summed E-state index contributed by atoms with van der Waals surface area (Å²) >= 11 is 0. The molecule has 2 rings (SSSR count). The van der Waals surface area contributed by atoms with E-state index < -0.39 is 174 Å². The zero-order valence-corrected chi connectivity index (χ0v) is 50.4. The van der Waals surface area contributed by atoms with E-state index in [4.69, 9.17) is 28.7 Å². The van der Waals surface area contributed by atoms with Crippen LogP contribution in [0.3, 0.4) is 0 Å². The summed E-state index contributed by atoms with van der Waals surface area (Å²) in [5.74, 6) is -10.8. The number of nitrogens with one attached hydrogen (secondary N) is 11. The van der Waals surface area contributed by atoms with Crippen molar-refractivity contribution in [2.24, 2.45) is 40.5 Å². The number of hydrogen-bond acceptors (Lipinski definition) is 18. The van der Waals surface area contributed by atoms with Crippen LogP contribution in [0, 0.1) is 11.8 Å². The molecule has 29 nitrogen and oxygen atoms in total. The molecular formula is C55H96N16O13. The Kier molecular flexibility index (Phi) is 30.3. The summed E-state index contributed by atoms with van der Waals surface area (Å²) < 4.78 is 0. The number of rotatable bonds is 23. The van der Waals surface area contributed by atoms with Crippen molar-refractivity contribution in [2.45, 2.75) is 230 Å². The molecule has 1 aliphatic heterocycles. The molecule has 1 heterocycles. The van der Waals surface area contributed by atoms with Crippen molar-refractivity contribution in [2.75, 3.05) is 0 Å². The predicted octanol–water partition coefficient (Wildman–Crippen LogP) is -5.64. The first-order valence-corrected chi connectivity index (χ1v) is 28.6. The van der Waals surface area contributed by atoms with Gasteiger partial charge in [-0.15, -0.1) is 0 Å². The lowest BCUT2D eigenvalue weighted by molar-refractivity contribution is -0.138. The van der Waals surface area contributed by atoms with Crippen LogP contribution in [0.25, 0.3) is 0 Å². The highest BCUT2D eigenvalue weighted by molar-refractivity contribution is 6.00. The van der Waals surface area contributed by atoms with Crippen molar-refractivity contribution in [3.63, 3.8) is 0 Å². The lowest BCUT2D eigenvalue weighted by Crippen LogP contribution is -2.68. The zero-order chi connectivity index (χ0) is 64.0. The molecule has 0 spiro atoms. The summed E-state index contributed by atoms with van der Waals surface area (Å²) in [4.78, 5) is 155. The smallest absolute Gasteiger partial charge is 0.245 e. The first kappa shape index (κ1) is 73.2. The number of unbranched alkanes of at least 4 members (excludes halogenated alkanes) is 1. The zero-order valence-electron chi connectivity index (χ0n) is 50.4. The number of carbonyl (C=O) groups excluding carboxylic acids is 11. The second-order valence-electron chi connectivity index (χ2n) is 23.1. The molecular weight excluding hydrogens is 1090 g/mol. The average molecular weight is 1190 g/mol. The lowest BCUT2D eigenvalue weighted by atomic mass is 9.99. The monoisotopic (exact) mass is 1190 g/mol. The number of aliphatic hydroxyl groups is 2. The van der Waals surface area contributed by atoms with Gasteiger partial charge < -0.3 is 97.4 Å². The van der Waals surface area contributed by atoms with Crippen LogP contribution in [0.1, 0.15) is 121 Å². The Morgan fingerprint density at radius 1 is 0.500 bits per heavy atom. The molecule has 1 aromatic rings. The third-order valence-corrected chi connectivity index (χ3v) is 13.8. The van der Waals surface area contributed by atoms with E-state index in [2.05, 4.69) is 58.5 Å². The molecule has 11 amide bonds. The number of aliphatic hydroxyl groups excluding tert-OH is 2. The first-order valence-electron chi connectivity index (χ1n) is 28.6. The van der Waals surface area contributed by atoms with Gasteiger partial charge in [0.1, 0.15) is 60.4 Å². The van der Waals surface area contributed by atoms with Crippen molar-refractivity contribution in [1.29, 1.82) is 0 Å². The van der Waals surface area contributed by atoms with E-state index >= 15 is 0 Å². The van der Waals surface area contributed by atoms with E-state index in [1.807, 2.05) is 13.8 Å². The minimum Gasteiger partial charge on any atom is -0.391 e. The van der Waals surface area contributed by atoms with Gasteiger partial charge in [0.25, 0.3) is 0 Å². The van der Waals surface area contributed by atoms with Gasteiger partial charge in [-0.05, 0) is 85.6 Å². The van der Waals surface area contributed by atoms with Crippen molar-refractivity contribution in [3.05, 3.63) is 35.9 Å². The fourth-order valence-electron chi connectivity index (χ4n) is 8.90. The van der Waals surface area contributed by atoms with Gasteiger partial charge in [0.2, 0.25) is 65.0 Å². The van der Waals surface area contributed by atoms with Crippen molar-refractivity contribution < 1.29 is 63.0 Å². The summed E-state index contributed by atoms with van der Waals surface area (Å²) in [6.07, 6.45) is -1.21. The molecule has 84 heavy (non-hydrogen) atoms. The summed E-state index contributed by atoms with van der Waals surface area (Å²) in [5.41, 5.74) is 31.7. The van der Waals surface area contributed by atoms with Crippen LogP contribution < -0.4 is 87.2 Å². The number of benzene rings is 1. The Morgan fingerprint density at radius 3 is 1.40 bits per heavy atom. The van der Waals surface area contributed by atoms with E-state index in [0.717, 1.165) is 19.8 Å². The Morgan fingerprint density at radius 2 is 0.929 bits per heavy atom. The molecule has 0 saturated carbocycles. The van der Waals surface area contributed by atoms with Crippen LogP contribution in [0.5, 0.6) is 0 Å². The normalized spacial score (nSPS) is 25.4. The standard InChI is InChI=1S/C55H96N16O13/c1-24(2)18-16-17-21-37(74)64-38(26(5)56)49(78)71-45(33(12)73)55(84)68-41(29(8)59)51(80)69-43-31(10)61-54(83)44(32(11)72)70-52(81)42(30(9)60)66-50(79)40(28(7)58)65-47(76)35(22-25(3)4)62-46(75)36(23-34-19-14-13-15-20-34)63-48(77)39(27(6)57)67-53(43)82/h13-15,19-20,24-33,35-36,38-45,72-73H,16-18,21-23,56-60H2,1-12H3,(H,61,83)(H,62,75)(H,63,77)(H,64,74)(H,65,76)(H,66,79)(H,67,82)(H,68,84)(H,69,80)(H,70,81)(H,71,78)/t26?,27?,28?,29?,30?,31?,32-,33-,35+,36+,38+,39+,40+,41+,42+,43+,44+,45+/m1/s1. The largest absolute Gasteiger partial charge is 0.391 e. The predicted molar refractivity (Wildman–Crippen MR) is 311 cm³/mol. The van der Waals surface area contributed by atoms with Gasteiger partial charge in [0.05, 0.1) is 18.2 Å². The highest BCUT2D eigenvalue weighted by Crippen LogP contribution is 2.13. The highest BCUT2D eigenvalue weighted by Gasteiger charge is 2.41. The van der Waals surface area contributed by atoms with Crippen LogP contribution in [0.4, 0.5) is 0 Å². The van der Waals surface area contributed by atoms with Crippen LogP contribution in [0.2, 0.25) is 0 Å². The molecule has 474 valence electrons. The third-order valence-electron chi connectivity index (χ3n) is 13.8. The maximum atomic E-state index is 14.8. The first-order chi connectivity index (χ1) is 39.1. The van der Waals surface area contributed by atoms with Crippen LogP contribution >= 0.6 is 0 Å². The van der Waals surface area contributed by atoms with Crippen LogP contribution in [-0.4, -0.2) is 184 Å². The SMILES string of the molecule is CC(C)CCCCC(=O)N[C@H](C(=O)N[C@H](C(=O)N[C@H](C(=O)N[C@@H]1C(=O)N[C@@H](C(C)N)C(=O)N[C@@H](Cc2ccccc2)C(=O)N[C@@H](CC(C)C)C(=O)N[C@@H](C(C)N)C(=O)N[C@@H](C(C)N)C(=O)N[C@@H]([C@@H](C)O)C(=O)NC1C)C(C)N)[C@@H](C)O)C(C)N. The lowest BCUT2D eigenvalue weighted by Gasteiger charge is -2.33. The maximum absolute atomic E-state index is 14.8. The minimum atomic E-state index is -1.96. The van der Waals surface area contributed by atoms with E-state index in [0.29, 0.717) is 17.9 Å². The molecule has 0 aliphatic carbocycles. The second-order valence-corrected chi connectivity index (χ2v) is 23.1. The van der Waals surface area contributed by atoms with Gasteiger partial charge in [-0.25, -0.2) is 0 Å². The van der Waals surface area contributed by atoms with Gasteiger partial charge in [0, 0.05) is 43.1 Å². The molecule has 29 heteroatoms. The van der Waals surface area contributed by atoms with Gasteiger partial charge in [-0.3, -0.25) is 52.7 Å². The molecule has 23 N–H and O–H groups in total. The molecule has 1 aliphatic rings.